The van der Waals surface area contributed by atoms with Crippen molar-refractivity contribution in [2.75, 3.05) is 4.72 Å². The summed E-state index contributed by atoms with van der Waals surface area (Å²) in [6.07, 6.45) is -0.249. The fourth-order valence-electron chi connectivity index (χ4n) is 2.27. The highest BCUT2D eigenvalue weighted by Crippen LogP contribution is 2.19. The van der Waals surface area contributed by atoms with Gasteiger partial charge < -0.3 is 5.11 Å². The van der Waals surface area contributed by atoms with E-state index in [0.717, 1.165) is 5.56 Å². The highest BCUT2D eigenvalue weighted by molar-refractivity contribution is 7.92. The van der Waals surface area contributed by atoms with E-state index in [0.29, 0.717) is 11.3 Å². The molecule has 2 N–H and O–H groups in total. The number of Topliss-reactive ketones (excluding diaryl/α,β-unsaturated/α-hetero) is 1. The lowest BCUT2D eigenvalue weighted by molar-refractivity contribution is -0.137. The summed E-state index contributed by atoms with van der Waals surface area (Å²) in [5, 5.41) is 8.75. The molecule has 132 valence electrons. The SMILES string of the molecule is Cc1ccc(S(=O)(=O)Nc2ccc(C(=O)C(C)CC(=O)O)cc2)cc1. The molecule has 0 amide bonds. The van der Waals surface area contributed by atoms with Crippen LogP contribution in [-0.4, -0.2) is 25.3 Å². The third kappa shape index (κ3) is 4.90. The molecule has 7 heteroatoms. The van der Waals surface area contributed by atoms with E-state index < -0.39 is 21.9 Å². The lowest BCUT2D eigenvalue weighted by atomic mass is 9.96. The zero-order valence-electron chi connectivity index (χ0n) is 13.9. The number of anilines is 1. The molecule has 0 saturated heterocycles. The van der Waals surface area contributed by atoms with E-state index in [1.165, 1.54) is 36.4 Å². The smallest absolute Gasteiger partial charge is 0.304 e. The van der Waals surface area contributed by atoms with E-state index in [-0.39, 0.29) is 17.1 Å². The summed E-state index contributed by atoms with van der Waals surface area (Å²) in [7, 11) is -3.71. The Balaban J connectivity index is 2.13. The standard InChI is InChI=1S/C18H19NO5S/c1-12-3-9-16(10-4-12)25(23,24)19-15-7-5-14(6-8-15)18(22)13(2)11-17(20)21/h3-10,13,19H,11H2,1-2H3,(H,20,21). The third-order valence-electron chi connectivity index (χ3n) is 3.68. The summed E-state index contributed by atoms with van der Waals surface area (Å²) in [5.41, 5.74) is 1.62. The first-order chi connectivity index (χ1) is 11.7. The third-order valence-corrected chi connectivity index (χ3v) is 5.08. The Morgan fingerprint density at radius 2 is 1.60 bits per heavy atom. The molecule has 0 bridgehead atoms. The number of benzene rings is 2. The summed E-state index contributed by atoms with van der Waals surface area (Å²) in [5.74, 6) is -1.98. The monoisotopic (exact) mass is 361 g/mol. The van der Waals surface area contributed by atoms with E-state index in [1.807, 2.05) is 6.92 Å². The lowest BCUT2D eigenvalue weighted by Crippen LogP contribution is -2.16. The molecule has 25 heavy (non-hydrogen) atoms. The molecular formula is C18H19NO5S. The number of rotatable bonds is 7. The molecule has 0 aliphatic heterocycles. The molecular weight excluding hydrogens is 342 g/mol. The summed E-state index contributed by atoms with van der Waals surface area (Å²) in [4.78, 5) is 23.0. The molecule has 1 atom stereocenters. The van der Waals surface area contributed by atoms with Crippen LogP contribution in [0, 0.1) is 12.8 Å². The van der Waals surface area contributed by atoms with E-state index in [2.05, 4.69) is 4.72 Å². The molecule has 0 spiro atoms. The van der Waals surface area contributed by atoms with Gasteiger partial charge in [-0.05, 0) is 43.3 Å². The number of hydrogen-bond donors (Lipinski definition) is 2. The van der Waals surface area contributed by atoms with Crippen LogP contribution in [0.2, 0.25) is 0 Å². The summed E-state index contributed by atoms with van der Waals surface area (Å²) in [6, 6.07) is 12.4. The van der Waals surface area contributed by atoms with E-state index in [4.69, 9.17) is 5.11 Å². The number of hydrogen-bond acceptors (Lipinski definition) is 4. The van der Waals surface area contributed by atoms with Gasteiger partial charge >= 0.3 is 5.97 Å². The predicted octanol–water partition coefficient (Wildman–Crippen LogP) is 3.09. The van der Waals surface area contributed by atoms with Gasteiger partial charge in [0.1, 0.15) is 0 Å². The topological polar surface area (TPSA) is 101 Å². The van der Waals surface area contributed by atoms with Crippen LogP contribution < -0.4 is 4.72 Å². The first-order valence-electron chi connectivity index (χ1n) is 7.64. The zero-order valence-corrected chi connectivity index (χ0v) is 14.7. The summed E-state index contributed by atoms with van der Waals surface area (Å²) < 4.78 is 27.1. The highest BCUT2D eigenvalue weighted by atomic mass is 32.2. The Hall–Kier alpha value is -2.67. The van der Waals surface area contributed by atoms with Crippen molar-refractivity contribution in [3.63, 3.8) is 0 Å². The number of sulfonamides is 1. The van der Waals surface area contributed by atoms with Crippen molar-refractivity contribution >= 4 is 27.5 Å². The number of carbonyl (C=O) groups is 2. The Morgan fingerprint density at radius 1 is 1.04 bits per heavy atom. The number of carbonyl (C=O) groups excluding carboxylic acids is 1. The number of nitrogens with one attached hydrogen (secondary N) is 1. The molecule has 0 aliphatic rings. The van der Waals surface area contributed by atoms with Crippen LogP contribution in [-0.2, 0) is 14.8 Å². The maximum absolute atomic E-state index is 12.3. The number of ketones is 1. The molecule has 0 heterocycles. The van der Waals surface area contributed by atoms with Gasteiger partial charge in [0.25, 0.3) is 10.0 Å². The summed E-state index contributed by atoms with van der Waals surface area (Å²) >= 11 is 0. The Kier molecular flexibility index (Phi) is 5.58. The molecule has 2 aromatic carbocycles. The predicted molar refractivity (Wildman–Crippen MR) is 94.2 cm³/mol. The van der Waals surface area contributed by atoms with Crippen LogP contribution in [0.15, 0.2) is 53.4 Å². The first-order valence-corrected chi connectivity index (χ1v) is 9.13. The molecule has 0 aromatic heterocycles. The molecule has 2 aromatic rings. The number of carboxylic acids is 1. The van der Waals surface area contributed by atoms with Crippen LogP contribution in [0.3, 0.4) is 0 Å². The Morgan fingerprint density at radius 3 is 2.12 bits per heavy atom. The zero-order chi connectivity index (χ0) is 18.6. The fourth-order valence-corrected chi connectivity index (χ4v) is 3.33. The van der Waals surface area contributed by atoms with Crippen molar-refractivity contribution in [3.05, 3.63) is 59.7 Å². The highest BCUT2D eigenvalue weighted by Gasteiger charge is 2.19. The van der Waals surface area contributed by atoms with Crippen LogP contribution in [0.25, 0.3) is 0 Å². The molecule has 2 rings (SSSR count). The molecule has 6 nitrogen and oxygen atoms in total. The second-order valence-electron chi connectivity index (χ2n) is 5.86. The van der Waals surface area contributed by atoms with Crippen molar-refractivity contribution in [1.29, 1.82) is 0 Å². The fraction of sp³-hybridized carbons (Fsp3) is 0.222. The lowest BCUT2D eigenvalue weighted by Gasteiger charge is -2.10. The molecule has 0 saturated carbocycles. The Bertz CT molecular complexity index is 871. The molecule has 0 fully saturated rings. The van der Waals surface area contributed by atoms with E-state index in [1.54, 1.807) is 19.1 Å². The van der Waals surface area contributed by atoms with Gasteiger partial charge in [-0.25, -0.2) is 8.42 Å². The van der Waals surface area contributed by atoms with E-state index >= 15 is 0 Å². The number of aliphatic carboxylic acids is 1. The first kappa shape index (κ1) is 18.7. The van der Waals surface area contributed by atoms with Crippen LogP contribution >= 0.6 is 0 Å². The van der Waals surface area contributed by atoms with Crippen molar-refractivity contribution in [2.45, 2.75) is 25.2 Å². The van der Waals surface area contributed by atoms with Gasteiger partial charge in [0.15, 0.2) is 5.78 Å². The quantitative estimate of drug-likeness (QED) is 0.738. The minimum Gasteiger partial charge on any atom is -0.481 e. The Labute approximate surface area is 146 Å². The van der Waals surface area contributed by atoms with Crippen LogP contribution in [0.4, 0.5) is 5.69 Å². The van der Waals surface area contributed by atoms with Crippen molar-refractivity contribution < 1.29 is 23.1 Å². The van der Waals surface area contributed by atoms with Gasteiger partial charge in [-0.15, -0.1) is 0 Å². The van der Waals surface area contributed by atoms with Gasteiger partial charge in [-0.3, -0.25) is 14.3 Å². The van der Waals surface area contributed by atoms with Gasteiger partial charge in [0.2, 0.25) is 0 Å². The minimum absolute atomic E-state index is 0.147. The largest absolute Gasteiger partial charge is 0.481 e. The molecule has 1 unspecified atom stereocenters. The average Bonchev–Trinajstić information content (AvgIpc) is 2.54. The van der Waals surface area contributed by atoms with Crippen LogP contribution in [0.5, 0.6) is 0 Å². The molecule has 0 radical (unpaired) electrons. The van der Waals surface area contributed by atoms with Gasteiger partial charge in [-0.2, -0.15) is 0 Å². The average molecular weight is 361 g/mol. The van der Waals surface area contributed by atoms with Gasteiger partial charge in [-0.1, -0.05) is 24.6 Å². The van der Waals surface area contributed by atoms with Crippen LogP contribution in [0.1, 0.15) is 29.3 Å². The maximum atomic E-state index is 12.3. The second-order valence-corrected chi connectivity index (χ2v) is 7.54. The minimum atomic E-state index is -3.71. The van der Waals surface area contributed by atoms with Crippen molar-refractivity contribution in [1.82, 2.24) is 0 Å². The van der Waals surface area contributed by atoms with Gasteiger partial charge in [0.05, 0.1) is 11.3 Å². The second kappa shape index (κ2) is 7.48. The van der Waals surface area contributed by atoms with Crippen molar-refractivity contribution in [3.8, 4) is 0 Å². The molecule has 0 aliphatic carbocycles. The number of carboxylic acid groups (broad SMARTS) is 1. The number of aryl methyl sites for hydroxylation is 1. The van der Waals surface area contributed by atoms with Gasteiger partial charge in [0, 0.05) is 17.2 Å². The maximum Gasteiger partial charge on any atom is 0.304 e. The van der Waals surface area contributed by atoms with Crippen molar-refractivity contribution in [2.24, 2.45) is 5.92 Å². The van der Waals surface area contributed by atoms with E-state index in [9.17, 15) is 18.0 Å². The summed E-state index contributed by atoms with van der Waals surface area (Å²) in [6.45, 7) is 3.41. The normalized spacial score (nSPS) is 12.4.